The molecule has 130 valence electrons. The standard InChI is InChI=1S/C22H16N4O/c27-22-12-24-20-6-1-2-7-21(20)26(22)13-16-4-3-5-17(10-16)18-8-9-19-11-23-15-25(19)14-18/h1-12,14-15H,13H2. The Bertz CT molecular complexity index is 1330. The number of nitrogens with zero attached hydrogens (tertiary/aromatic N) is 4. The lowest BCUT2D eigenvalue weighted by Crippen LogP contribution is -2.21. The molecule has 0 amide bonds. The summed E-state index contributed by atoms with van der Waals surface area (Å²) >= 11 is 0. The van der Waals surface area contributed by atoms with Crippen molar-refractivity contribution in [3.8, 4) is 11.1 Å². The van der Waals surface area contributed by atoms with Crippen molar-refractivity contribution in [1.82, 2.24) is 18.9 Å². The monoisotopic (exact) mass is 352 g/mol. The first-order valence-corrected chi connectivity index (χ1v) is 8.73. The van der Waals surface area contributed by atoms with Gasteiger partial charge in [0.25, 0.3) is 5.56 Å². The molecule has 5 aromatic rings. The van der Waals surface area contributed by atoms with Crippen molar-refractivity contribution in [3.63, 3.8) is 0 Å². The van der Waals surface area contributed by atoms with Gasteiger partial charge >= 0.3 is 0 Å². The summed E-state index contributed by atoms with van der Waals surface area (Å²) in [7, 11) is 0. The third-order valence-corrected chi connectivity index (χ3v) is 4.76. The van der Waals surface area contributed by atoms with Gasteiger partial charge < -0.3 is 8.97 Å². The number of para-hydroxylation sites is 2. The number of imidazole rings is 1. The van der Waals surface area contributed by atoms with E-state index in [2.05, 4.69) is 40.4 Å². The number of rotatable bonds is 3. The quantitative estimate of drug-likeness (QED) is 0.497. The predicted octanol–water partition coefficient (Wildman–Crippen LogP) is 3.76. The van der Waals surface area contributed by atoms with E-state index in [0.29, 0.717) is 6.54 Å². The van der Waals surface area contributed by atoms with Gasteiger partial charge in [-0.05, 0) is 41.0 Å². The van der Waals surface area contributed by atoms with Crippen LogP contribution >= 0.6 is 0 Å². The summed E-state index contributed by atoms with van der Waals surface area (Å²) < 4.78 is 3.77. The molecule has 3 aromatic heterocycles. The van der Waals surface area contributed by atoms with E-state index in [1.54, 1.807) is 10.9 Å². The van der Waals surface area contributed by atoms with Crippen LogP contribution in [0.1, 0.15) is 5.56 Å². The maximum Gasteiger partial charge on any atom is 0.269 e. The van der Waals surface area contributed by atoms with Crippen molar-refractivity contribution < 1.29 is 0 Å². The molecule has 0 bridgehead atoms. The van der Waals surface area contributed by atoms with Crippen molar-refractivity contribution in [3.05, 3.63) is 101 Å². The molecule has 2 aromatic carbocycles. The van der Waals surface area contributed by atoms with Crippen LogP contribution in [0.5, 0.6) is 0 Å². The van der Waals surface area contributed by atoms with Crippen LogP contribution in [-0.2, 0) is 6.54 Å². The van der Waals surface area contributed by atoms with E-state index >= 15 is 0 Å². The lowest BCUT2D eigenvalue weighted by atomic mass is 10.0. The Kier molecular flexibility index (Phi) is 3.57. The van der Waals surface area contributed by atoms with E-state index in [9.17, 15) is 4.79 Å². The zero-order valence-electron chi connectivity index (χ0n) is 14.5. The van der Waals surface area contributed by atoms with Gasteiger partial charge in [0.05, 0.1) is 41.8 Å². The number of pyridine rings is 1. The third kappa shape index (κ3) is 2.79. The Hall–Kier alpha value is -3.73. The van der Waals surface area contributed by atoms with Crippen LogP contribution < -0.4 is 5.56 Å². The zero-order chi connectivity index (χ0) is 18.2. The molecule has 27 heavy (non-hydrogen) atoms. The number of hydrogen-bond donors (Lipinski definition) is 0. The Morgan fingerprint density at radius 3 is 2.78 bits per heavy atom. The maximum atomic E-state index is 12.4. The van der Waals surface area contributed by atoms with Gasteiger partial charge in [-0.15, -0.1) is 0 Å². The van der Waals surface area contributed by atoms with Crippen LogP contribution in [-0.4, -0.2) is 18.9 Å². The van der Waals surface area contributed by atoms with Gasteiger partial charge in [0.2, 0.25) is 0 Å². The Balaban J connectivity index is 1.57. The molecule has 5 heteroatoms. The average molecular weight is 352 g/mol. The lowest BCUT2D eigenvalue weighted by molar-refractivity contribution is 0.787. The molecule has 3 heterocycles. The minimum absolute atomic E-state index is 0.0982. The Labute approximate surface area is 155 Å². The van der Waals surface area contributed by atoms with Crippen LogP contribution in [0.2, 0.25) is 0 Å². The molecule has 0 atom stereocenters. The topological polar surface area (TPSA) is 52.2 Å². The van der Waals surface area contributed by atoms with Crippen LogP contribution in [0.3, 0.4) is 0 Å². The first-order chi connectivity index (χ1) is 13.3. The van der Waals surface area contributed by atoms with Crippen LogP contribution in [0.25, 0.3) is 27.7 Å². The van der Waals surface area contributed by atoms with Gasteiger partial charge in [0, 0.05) is 6.20 Å². The molecular weight excluding hydrogens is 336 g/mol. The molecule has 5 nitrogen and oxygen atoms in total. The predicted molar refractivity (Wildman–Crippen MR) is 106 cm³/mol. The highest BCUT2D eigenvalue weighted by Crippen LogP contribution is 2.22. The van der Waals surface area contributed by atoms with E-state index in [1.165, 1.54) is 6.20 Å². The van der Waals surface area contributed by atoms with Gasteiger partial charge in [0.15, 0.2) is 0 Å². The fraction of sp³-hybridized carbons (Fsp3) is 0.0455. The SMILES string of the molecule is O=c1cnc2ccccc2n1Cc1cccc(-c2ccc3cncn3c2)c1. The molecule has 0 radical (unpaired) electrons. The molecule has 0 saturated heterocycles. The maximum absolute atomic E-state index is 12.4. The second kappa shape index (κ2) is 6.21. The molecule has 0 aliphatic rings. The molecular formula is C22H16N4O. The number of fused-ring (bicyclic) bond motifs is 2. The first kappa shape index (κ1) is 15.5. The minimum Gasteiger partial charge on any atom is -0.306 e. The van der Waals surface area contributed by atoms with Crippen LogP contribution in [0, 0.1) is 0 Å². The van der Waals surface area contributed by atoms with Gasteiger partial charge in [-0.2, -0.15) is 0 Å². The second-order valence-corrected chi connectivity index (χ2v) is 6.52. The molecule has 0 aliphatic carbocycles. The first-order valence-electron chi connectivity index (χ1n) is 8.73. The summed E-state index contributed by atoms with van der Waals surface area (Å²) in [6.45, 7) is 0.503. The molecule has 0 fully saturated rings. The molecule has 0 unspecified atom stereocenters. The number of benzene rings is 2. The molecule has 0 saturated carbocycles. The van der Waals surface area contributed by atoms with Gasteiger partial charge in [-0.3, -0.25) is 4.79 Å². The van der Waals surface area contributed by atoms with Crippen molar-refractivity contribution >= 4 is 16.6 Å². The summed E-state index contributed by atoms with van der Waals surface area (Å²) in [5, 5.41) is 0. The highest BCUT2D eigenvalue weighted by atomic mass is 16.1. The van der Waals surface area contributed by atoms with E-state index in [4.69, 9.17) is 0 Å². The van der Waals surface area contributed by atoms with Crippen molar-refractivity contribution in [2.24, 2.45) is 0 Å². The Morgan fingerprint density at radius 2 is 1.81 bits per heavy atom. The van der Waals surface area contributed by atoms with E-state index in [1.807, 2.05) is 47.0 Å². The van der Waals surface area contributed by atoms with Gasteiger partial charge in [-0.1, -0.05) is 36.4 Å². The fourth-order valence-electron chi connectivity index (χ4n) is 3.40. The molecule has 5 rings (SSSR count). The largest absolute Gasteiger partial charge is 0.306 e. The van der Waals surface area contributed by atoms with Crippen molar-refractivity contribution in [1.29, 1.82) is 0 Å². The van der Waals surface area contributed by atoms with Gasteiger partial charge in [-0.25, -0.2) is 9.97 Å². The molecule has 0 aliphatic heterocycles. The zero-order valence-corrected chi connectivity index (χ0v) is 14.5. The number of hydrogen-bond acceptors (Lipinski definition) is 3. The molecule has 0 spiro atoms. The van der Waals surface area contributed by atoms with E-state index < -0.39 is 0 Å². The highest BCUT2D eigenvalue weighted by molar-refractivity contribution is 5.74. The second-order valence-electron chi connectivity index (χ2n) is 6.52. The summed E-state index contributed by atoms with van der Waals surface area (Å²) in [6, 6.07) is 20.1. The fourth-order valence-corrected chi connectivity index (χ4v) is 3.40. The van der Waals surface area contributed by atoms with Crippen LogP contribution in [0.15, 0.2) is 90.4 Å². The number of aromatic nitrogens is 4. The van der Waals surface area contributed by atoms with Gasteiger partial charge in [0.1, 0.15) is 0 Å². The smallest absolute Gasteiger partial charge is 0.269 e. The van der Waals surface area contributed by atoms with E-state index in [-0.39, 0.29) is 5.56 Å². The van der Waals surface area contributed by atoms with Crippen molar-refractivity contribution in [2.45, 2.75) is 6.54 Å². The summed E-state index contributed by atoms with van der Waals surface area (Å²) in [4.78, 5) is 20.8. The highest BCUT2D eigenvalue weighted by Gasteiger charge is 2.06. The summed E-state index contributed by atoms with van der Waals surface area (Å²) in [5.41, 5.74) is 5.90. The lowest BCUT2D eigenvalue weighted by Gasteiger charge is -2.11. The van der Waals surface area contributed by atoms with Crippen LogP contribution in [0.4, 0.5) is 0 Å². The summed E-state index contributed by atoms with van der Waals surface area (Å²) in [5.74, 6) is 0. The van der Waals surface area contributed by atoms with E-state index in [0.717, 1.165) is 33.2 Å². The average Bonchev–Trinajstić information content (AvgIpc) is 3.18. The third-order valence-electron chi connectivity index (χ3n) is 4.76. The normalized spacial score (nSPS) is 11.3. The summed E-state index contributed by atoms with van der Waals surface area (Å²) in [6.07, 6.45) is 7.08. The Morgan fingerprint density at radius 1 is 0.889 bits per heavy atom. The molecule has 0 N–H and O–H groups in total. The van der Waals surface area contributed by atoms with Crippen molar-refractivity contribution in [2.75, 3.05) is 0 Å². The minimum atomic E-state index is -0.0982.